The van der Waals surface area contributed by atoms with Gasteiger partial charge in [0, 0.05) is 45.7 Å². The number of nitrogens with zero attached hydrogens (tertiary/aromatic N) is 3. The number of carboxylic acid groups (broad SMARTS) is 3. The smallest absolute Gasteiger partial charge is 0.317 e. The van der Waals surface area contributed by atoms with Crippen molar-refractivity contribution in [1.29, 1.82) is 0 Å². The van der Waals surface area contributed by atoms with Crippen LogP contribution in [0.5, 0.6) is 0 Å². The highest BCUT2D eigenvalue weighted by atomic mass is 16.4. The van der Waals surface area contributed by atoms with E-state index in [1.54, 1.807) is 14.7 Å². The summed E-state index contributed by atoms with van der Waals surface area (Å²) < 4.78 is 0. The van der Waals surface area contributed by atoms with Crippen LogP contribution in [0.3, 0.4) is 0 Å². The minimum Gasteiger partial charge on any atom is -0.480 e. The van der Waals surface area contributed by atoms with E-state index >= 15 is 0 Å². The summed E-state index contributed by atoms with van der Waals surface area (Å²) in [6.07, 6.45) is 1.80. The molecule has 11 heteroatoms. The number of nitrogens with two attached hydrogens (primary N) is 1. The van der Waals surface area contributed by atoms with Gasteiger partial charge in [0.1, 0.15) is 5.78 Å². The van der Waals surface area contributed by atoms with Gasteiger partial charge in [0.2, 0.25) is 0 Å². The summed E-state index contributed by atoms with van der Waals surface area (Å²) in [5.74, 6) is -2.89. The van der Waals surface area contributed by atoms with E-state index in [4.69, 9.17) is 21.1 Å². The van der Waals surface area contributed by atoms with Crippen LogP contribution in [0.4, 0.5) is 0 Å². The van der Waals surface area contributed by atoms with Gasteiger partial charge in [0.05, 0.1) is 19.6 Å². The molecule has 0 spiro atoms. The van der Waals surface area contributed by atoms with Crippen molar-refractivity contribution in [3.8, 4) is 0 Å². The summed E-state index contributed by atoms with van der Waals surface area (Å²) in [5, 5.41) is 27.2. The number of carbonyl (C=O) groups excluding carboxylic acids is 1. The van der Waals surface area contributed by atoms with Crippen LogP contribution in [0.15, 0.2) is 0 Å². The lowest BCUT2D eigenvalue weighted by Gasteiger charge is -2.28. The maximum atomic E-state index is 11.1. The molecule has 0 rings (SSSR count). The number of aliphatic carboxylic acids is 3. The van der Waals surface area contributed by atoms with Gasteiger partial charge >= 0.3 is 17.9 Å². The van der Waals surface area contributed by atoms with Crippen LogP contribution in [0, 0.1) is 0 Å². The number of ketones is 1. The van der Waals surface area contributed by atoms with Crippen molar-refractivity contribution >= 4 is 23.7 Å². The molecule has 5 N–H and O–H groups in total. The van der Waals surface area contributed by atoms with Crippen molar-refractivity contribution in [2.45, 2.75) is 26.2 Å². The number of Topliss-reactive ketones (excluding diaryl/α,β-unsaturated/α-hetero) is 1. The molecule has 0 aromatic rings. The van der Waals surface area contributed by atoms with Crippen LogP contribution in [0.1, 0.15) is 26.2 Å². The van der Waals surface area contributed by atoms with Gasteiger partial charge < -0.3 is 25.8 Å². The second kappa shape index (κ2) is 15.8. The maximum absolute atomic E-state index is 11.1. The van der Waals surface area contributed by atoms with Crippen LogP contribution in [-0.2, 0) is 19.2 Å². The monoisotopic (exact) mass is 418 g/mol. The maximum Gasteiger partial charge on any atom is 0.317 e. The van der Waals surface area contributed by atoms with Crippen molar-refractivity contribution in [2.24, 2.45) is 5.73 Å². The van der Waals surface area contributed by atoms with E-state index in [9.17, 15) is 19.2 Å². The largest absolute Gasteiger partial charge is 0.480 e. The van der Waals surface area contributed by atoms with Crippen molar-refractivity contribution in [3.05, 3.63) is 0 Å². The third-order valence-corrected chi connectivity index (χ3v) is 4.24. The van der Waals surface area contributed by atoms with E-state index in [0.717, 1.165) is 0 Å². The molecule has 0 saturated heterocycles. The topological polar surface area (TPSA) is 165 Å². The van der Waals surface area contributed by atoms with Crippen LogP contribution in [0.2, 0.25) is 0 Å². The molecule has 11 nitrogen and oxygen atoms in total. The Labute approximate surface area is 171 Å². The molecule has 0 heterocycles. The van der Waals surface area contributed by atoms with E-state index in [1.165, 1.54) is 6.92 Å². The fourth-order valence-corrected chi connectivity index (χ4v) is 2.84. The quantitative estimate of drug-likeness (QED) is 0.187. The van der Waals surface area contributed by atoms with Gasteiger partial charge in [-0.3, -0.25) is 29.1 Å². The zero-order valence-electron chi connectivity index (χ0n) is 17.1. The van der Waals surface area contributed by atoms with Crippen LogP contribution < -0.4 is 5.73 Å². The van der Waals surface area contributed by atoms with Crippen molar-refractivity contribution in [1.82, 2.24) is 14.7 Å². The molecule has 168 valence electrons. The number of rotatable bonds is 19. The molecule has 0 atom stereocenters. The molecular formula is C18H34N4O7. The van der Waals surface area contributed by atoms with Crippen LogP contribution in [0.25, 0.3) is 0 Å². The predicted octanol–water partition coefficient (Wildman–Crippen LogP) is -1.14. The predicted molar refractivity (Wildman–Crippen MR) is 106 cm³/mol. The first-order chi connectivity index (χ1) is 13.6. The number of carbonyl (C=O) groups is 4. The van der Waals surface area contributed by atoms with Crippen molar-refractivity contribution in [3.63, 3.8) is 0 Å². The molecule has 0 radical (unpaired) electrons. The Morgan fingerprint density at radius 1 is 0.655 bits per heavy atom. The molecule has 0 aliphatic carbocycles. The van der Waals surface area contributed by atoms with Gasteiger partial charge in [0.15, 0.2) is 0 Å². The van der Waals surface area contributed by atoms with E-state index in [2.05, 4.69) is 0 Å². The van der Waals surface area contributed by atoms with E-state index in [0.29, 0.717) is 65.1 Å². The molecular weight excluding hydrogens is 384 g/mol. The number of hydrogen-bond donors (Lipinski definition) is 4. The molecule has 0 saturated carbocycles. The number of hydrogen-bond acceptors (Lipinski definition) is 8. The summed E-state index contributed by atoms with van der Waals surface area (Å²) in [7, 11) is 0. The van der Waals surface area contributed by atoms with E-state index in [1.807, 2.05) is 0 Å². The highest BCUT2D eigenvalue weighted by Gasteiger charge is 2.16. The first-order valence-electron chi connectivity index (χ1n) is 9.66. The fourth-order valence-electron chi connectivity index (χ4n) is 2.84. The third kappa shape index (κ3) is 16.6. The summed E-state index contributed by atoms with van der Waals surface area (Å²) in [4.78, 5) is 49.2. The number of unbranched alkanes of at least 4 members (excludes halogenated alkanes) is 1. The number of carboxylic acids is 3. The van der Waals surface area contributed by atoms with E-state index < -0.39 is 17.9 Å². The Balaban J connectivity index is 4.71. The van der Waals surface area contributed by atoms with Gasteiger partial charge in [-0.2, -0.15) is 0 Å². The fraction of sp³-hybridized carbons (Fsp3) is 0.778. The molecule has 0 fully saturated rings. The Bertz CT molecular complexity index is 530. The molecule has 0 bridgehead atoms. The SMILES string of the molecule is CC(=O)CCCCN(CCN(CCN(CCN)CC(=O)O)CC(=O)O)CC(=O)O. The molecule has 0 aliphatic heterocycles. The van der Waals surface area contributed by atoms with Gasteiger partial charge in [-0.05, 0) is 26.3 Å². The Kier molecular flexibility index (Phi) is 14.7. The normalized spacial score (nSPS) is 11.3. The zero-order valence-corrected chi connectivity index (χ0v) is 17.1. The van der Waals surface area contributed by atoms with Crippen molar-refractivity contribution in [2.75, 3.05) is 65.4 Å². The van der Waals surface area contributed by atoms with E-state index in [-0.39, 0.29) is 25.4 Å². The highest BCUT2D eigenvalue weighted by molar-refractivity contribution is 5.75. The average Bonchev–Trinajstić information content (AvgIpc) is 2.59. The van der Waals surface area contributed by atoms with Gasteiger partial charge in [-0.25, -0.2) is 0 Å². The Morgan fingerprint density at radius 3 is 1.38 bits per heavy atom. The molecule has 0 aromatic carbocycles. The molecule has 0 aromatic heterocycles. The molecule has 29 heavy (non-hydrogen) atoms. The first-order valence-corrected chi connectivity index (χ1v) is 9.66. The lowest BCUT2D eigenvalue weighted by molar-refractivity contribution is -0.140. The molecule has 0 unspecified atom stereocenters. The standard InChI is InChI=1S/C18H34N4O7/c1-15(23)4-2-3-6-20(12-16(24)25)8-10-22(14-18(28)29)11-9-21(7-5-19)13-17(26)27/h2-14,19H2,1H3,(H,24,25)(H,26,27)(H,28,29). The van der Waals surface area contributed by atoms with Gasteiger partial charge in [0.25, 0.3) is 0 Å². The van der Waals surface area contributed by atoms with Gasteiger partial charge in [-0.15, -0.1) is 0 Å². The van der Waals surface area contributed by atoms with Crippen LogP contribution >= 0.6 is 0 Å². The van der Waals surface area contributed by atoms with Gasteiger partial charge in [-0.1, -0.05) is 0 Å². The summed E-state index contributed by atoms with van der Waals surface area (Å²) >= 11 is 0. The second-order valence-corrected chi connectivity index (χ2v) is 6.96. The minimum atomic E-state index is -1.01. The van der Waals surface area contributed by atoms with Crippen LogP contribution in [-0.4, -0.2) is 119 Å². The van der Waals surface area contributed by atoms with Crippen molar-refractivity contribution < 1.29 is 34.5 Å². The first kappa shape index (κ1) is 26.9. The minimum absolute atomic E-state index is 0.0887. The molecule has 0 aliphatic rings. The average molecular weight is 418 g/mol. The Morgan fingerprint density at radius 2 is 1.03 bits per heavy atom. The third-order valence-electron chi connectivity index (χ3n) is 4.24. The Hall–Kier alpha value is -2.08. The highest BCUT2D eigenvalue weighted by Crippen LogP contribution is 2.01. The zero-order chi connectivity index (χ0) is 22.2. The summed E-state index contributed by atoms with van der Waals surface area (Å²) in [6.45, 7) is 3.46. The summed E-state index contributed by atoms with van der Waals surface area (Å²) in [5.41, 5.74) is 5.49. The second-order valence-electron chi connectivity index (χ2n) is 6.96. The molecule has 0 amide bonds. The summed E-state index contributed by atoms with van der Waals surface area (Å²) in [6, 6.07) is 0. The lowest BCUT2D eigenvalue weighted by Crippen LogP contribution is -2.44. The lowest BCUT2D eigenvalue weighted by atomic mass is 10.2.